The van der Waals surface area contributed by atoms with Crippen LogP contribution in [0.25, 0.3) is 0 Å². The van der Waals surface area contributed by atoms with Gasteiger partial charge in [0.05, 0.1) is 0 Å². The van der Waals surface area contributed by atoms with Gasteiger partial charge in [-0.15, -0.1) is 0 Å². The fraction of sp³-hybridized carbons (Fsp3) is 0.200. The lowest BCUT2D eigenvalue weighted by Crippen LogP contribution is -2.06. The molecule has 0 aliphatic carbocycles. The van der Waals surface area contributed by atoms with E-state index in [2.05, 4.69) is 4.98 Å². The number of carbonyl (C=O) groups is 1. The summed E-state index contributed by atoms with van der Waals surface area (Å²) in [6.07, 6.45) is 4.41. The first-order valence-electron chi connectivity index (χ1n) is 5.70. The van der Waals surface area contributed by atoms with E-state index in [1.807, 2.05) is 43.3 Å². The Morgan fingerprint density at radius 1 is 1.06 bits per heavy atom. The summed E-state index contributed by atoms with van der Waals surface area (Å²) in [5, 5.41) is 0. The van der Waals surface area contributed by atoms with E-state index in [4.69, 9.17) is 0 Å². The predicted molar refractivity (Wildman–Crippen MR) is 67.8 cm³/mol. The number of hydrogen-bond acceptors (Lipinski definition) is 2. The summed E-state index contributed by atoms with van der Waals surface area (Å²) < 4.78 is 0. The molecule has 1 aromatic carbocycles. The molecule has 86 valence electrons. The summed E-state index contributed by atoms with van der Waals surface area (Å²) in [4.78, 5) is 15.8. The Bertz CT molecular complexity index is 488. The maximum absolute atomic E-state index is 11.8. The SMILES string of the molecule is Cc1ccc(CC(=O)Cc2cccnc2)cc1. The smallest absolute Gasteiger partial charge is 0.141 e. The summed E-state index contributed by atoms with van der Waals surface area (Å²) >= 11 is 0. The highest BCUT2D eigenvalue weighted by Gasteiger charge is 2.05. The van der Waals surface area contributed by atoms with Crippen molar-refractivity contribution in [2.45, 2.75) is 19.8 Å². The topological polar surface area (TPSA) is 30.0 Å². The van der Waals surface area contributed by atoms with Crippen molar-refractivity contribution in [3.63, 3.8) is 0 Å². The number of aryl methyl sites for hydroxylation is 1. The van der Waals surface area contributed by atoms with Gasteiger partial charge < -0.3 is 0 Å². The normalized spacial score (nSPS) is 10.2. The van der Waals surface area contributed by atoms with Crippen molar-refractivity contribution in [2.75, 3.05) is 0 Å². The van der Waals surface area contributed by atoms with Crippen LogP contribution in [0.2, 0.25) is 0 Å². The highest BCUT2D eigenvalue weighted by atomic mass is 16.1. The van der Waals surface area contributed by atoms with E-state index < -0.39 is 0 Å². The van der Waals surface area contributed by atoms with Crippen LogP contribution in [-0.4, -0.2) is 10.8 Å². The molecular formula is C15H15NO. The van der Waals surface area contributed by atoms with E-state index >= 15 is 0 Å². The van der Waals surface area contributed by atoms with Gasteiger partial charge in [-0.05, 0) is 24.1 Å². The van der Waals surface area contributed by atoms with E-state index in [0.29, 0.717) is 12.8 Å². The third kappa shape index (κ3) is 3.52. The molecule has 0 amide bonds. The van der Waals surface area contributed by atoms with Crippen LogP contribution < -0.4 is 0 Å². The Morgan fingerprint density at radius 2 is 1.76 bits per heavy atom. The van der Waals surface area contributed by atoms with Gasteiger partial charge in [-0.1, -0.05) is 35.9 Å². The molecule has 0 saturated heterocycles. The molecule has 0 spiro atoms. The molecular weight excluding hydrogens is 210 g/mol. The van der Waals surface area contributed by atoms with Gasteiger partial charge in [-0.3, -0.25) is 9.78 Å². The second kappa shape index (κ2) is 5.39. The van der Waals surface area contributed by atoms with Crippen LogP contribution in [0.3, 0.4) is 0 Å². The summed E-state index contributed by atoms with van der Waals surface area (Å²) in [6, 6.07) is 11.9. The first-order chi connectivity index (χ1) is 8.24. The van der Waals surface area contributed by atoms with Gasteiger partial charge in [0.1, 0.15) is 5.78 Å². The minimum absolute atomic E-state index is 0.224. The van der Waals surface area contributed by atoms with E-state index in [0.717, 1.165) is 11.1 Å². The Morgan fingerprint density at radius 3 is 2.41 bits per heavy atom. The molecule has 0 bridgehead atoms. The lowest BCUT2D eigenvalue weighted by atomic mass is 10.0. The second-order valence-corrected chi connectivity index (χ2v) is 4.24. The Hall–Kier alpha value is -1.96. The van der Waals surface area contributed by atoms with E-state index in [9.17, 15) is 4.79 Å². The summed E-state index contributed by atoms with van der Waals surface area (Å²) in [6.45, 7) is 2.04. The molecule has 0 fully saturated rings. The third-order valence-corrected chi connectivity index (χ3v) is 2.65. The molecule has 0 atom stereocenters. The van der Waals surface area contributed by atoms with Crippen molar-refractivity contribution >= 4 is 5.78 Å². The maximum atomic E-state index is 11.8. The zero-order valence-electron chi connectivity index (χ0n) is 9.89. The number of ketones is 1. The molecule has 0 unspecified atom stereocenters. The lowest BCUT2D eigenvalue weighted by Gasteiger charge is -2.02. The monoisotopic (exact) mass is 225 g/mol. The van der Waals surface area contributed by atoms with Gasteiger partial charge >= 0.3 is 0 Å². The van der Waals surface area contributed by atoms with Crippen molar-refractivity contribution in [3.8, 4) is 0 Å². The fourth-order valence-corrected chi connectivity index (χ4v) is 1.73. The zero-order valence-corrected chi connectivity index (χ0v) is 9.89. The molecule has 0 N–H and O–H groups in total. The van der Waals surface area contributed by atoms with Gasteiger partial charge in [0, 0.05) is 25.2 Å². The van der Waals surface area contributed by atoms with E-state index in [1.54, 1.807) is 12.4 Å². The van der Waals surface area contributed by atoms with Crippen molar-refractivity contribution in [2.24, 2.45) is 0 Å². The summed E-state index contributed by atoms with van der Waals surface area (Å²) in [5.41, 5.74) is 3.27. The summed E-state index contributed by atoms with van der Waals surface area (Å²) in [5.74, 6) is 0.224. The number of benzene rings is 1. The van der Waals surface area contributed by atoms with Crippen molar-refractivity contribution in [3.05, 3.63) is 65.5 Å². The number of Topliss-reactive ketones (excluding diaryl/α,β-unsaturated/α-hetero) is 1. The number of rotatable bonds is 4. The molecule has 1 aromatic heterocycles. The number of carbonyl (C=O) groups excluding carboxylic acids is 1. The minimum Gasteiger partial charge on any atom is -0.299 e. The molecule has 2 nitrogen and oxygen atoms in total. The van der Waals surface area contributed by atoms with Crippen LogP contribution in [-0.2, 0) is 17.6 Å². The van der Waals surface area contributed by atoms with Gasteiger partial charge in [0.15, 0.2) is 0 Å². The van der Waals surface area contributed by atoms with Crippen molar-refractivity contribution in [1.29, 1.82) is 0 Å². The van der Waals surface area contributed by atoms with Crippen LogP contribution in [0.1, 0.15) is 16.7 Å². The number of nitrogens with zero attached hydrogens (tertiary/aromatic N) is 1. The van der Waals surface area contributed by atoms with Crippen molar-refractivity contribution in [1.82, 2.24) is 4.98 Å². The Kier molecular flexibility index (Phi) is 3.66. The highest BCUT2D eigenvalue weighted by molar-refractivity contribution is 5.83. The number of hydrogen-bond donors (Lipinski definition) is 0. The van der Waals surface area contributed by atoms with Crippen LogP contribution in [0.15, 0.2) is 48.8 Å². The molecule has 2 aromatic rings. The van der Waals surface area contributed by atoms with E-state index in [-0.39, 0.29) is 5.78 Å². The highest BCUT2D eigenvalue weighted by Crippen LogP contribution is 2.06. The maximum Gasteiger partial charge on any atom is 0.141 e. The lowest BCUT2D eigenvalue weighted by molar-refractivity contribution is -0.117. The first kappa shape index (κ1) is 11.5. The summed E-state index contributed by atoms with van der Waals surface area (Å²) in [7, 11) is 0. The second-order valence-electron chi connectivity index (χ2n) is 4.24. The molecule has 2 rings (SSSR count). The number of pyridine rings is 1. The van der Waals surface area contributed by atoms with Gasteiger partial charge in [0.25, 0.3) is 0 Å². The third-order valence-electron chi connectivity index (χ3n) is 2.65. The largest absolute Gasteiger partial charge is 0.299 e. The quantitative estimate of drug-likeness (QED) is 0.800. The Labute approximate surface area is 101 Å². The van der Waals surface area contributed by atoms with E-state index in [1.165, 1.54) is 5.56 Å². The van der Waals surface area contributed by atoms with Crippen LogP contribution >= 0.6 is 0 Å². The standard InChI is InChI=1S/C15H15NO/c1-12-4-6-13(7-5-12)9-15(17)10-14-3-2-8-16-11-14/h2-8,11H,9-10H2,1H3. The van der Waals surface area contributed by atoms with Crippen LogP contribution in [0.5, 0.6) is 0 Å². The van der Waals surface area contributed by atoms with Gasteiger partial charge in [-0.25, -0.2) is 0 Å². The Balaban J connectivity index is 1.96. The predicted octanol–water partition coefficient (Wildman–Crippen LogP) is 2.74. The molecule has 0 aliphatic rings. The molecule has 17 heavy (non-hydrogen) atoms. The fourth-order valence-electron chi connectivity index (χ4n) is 1.73. The first-order valence-corrected chi connectivity index (χ1v) is 5.70. The molecule has 2 heteroatoms. The zero-order chi connectivity index (χ0) is 12.1. The van der Waals surface area contributed by atoms with Gasteiger partial charge in [-0.2, -0.15) is 0 Å². The average Bonchev–Trinajstić information content (AvgIpc) is 2.33. The molecule has 0 radical (unpaired) electrons. The van der Waals surface area contributed by atoms with Crippen LogP contribution in [0, 0.1) is 6.92 Å². The van der Waals surface area contributed by atoms with Crippen molar-refractivity contribution < 1.29 is 4.79 Å². The molecule has 0 saturated carbocycles. The molecule has 0 aliphatic heterocycles. The average molecular weight is 225 g/mol. The van der Waals surface area contributed by atoms with Gasteiger partial charge in [0.2, 0.25) is 0 Å². The van der Waals surface area contributed by atoms with Crippen LogP contribution in [0.4, 0.5) is 0 Å². The molecule has 1 heterocycles. The number of aromatic nitrogens is 1. The minimum atomic E-state index is 0.224.